The van der Waals surface area contributed by atoms with E-state index in [1.54, 1.807) is 13.4 Å². The molecule has 1 atom stereocenters. The summed E-state index contributed by atoms with van der Waals surface area (Å²) in [6.45, 7) is 4.82. The summed E-state index contributed by atoms with van der Waals surface area (Å²) in [5, 5.41) is 9.71. The van der Waals surface area contributed by atoms with Gasteiger partial charge in [-0.25, -0.2) is 15.0 Å². The third-order valence-corrected chi connectivity index (χ3v) is 4.91. The van der Waals surface area contributed by atoms with Crippen molar-refractivity contribution < 1.29 is 9.84 Å². The molecule has 0 fully saturated rings. The monoisotopic (exact) mass is 362 g/mol. The van der Waals surface area contributed by atoms with E-state index in [9.17, 15) is 5.11 Å². The first-order chi connectivity index (χ1) is 12.0. The summed E-state index contributed by atoms with van der Waals surface area (Å²) in [6.07, 6.45) is 3.27. The molecule has 0 saturated carbocycles. The highest BCUT2D eigenvalue weighted by atomic mass is 32.1. The van der Waals surface area contributed by atoms with Gasteiger partial charge in [-0.15, -0.1) is 0 Å². The fourth-order valence-corrected chi connectivity index (χ4v) is 3.49. The van der Waals surface area contributed by atoms with Gasteiger partial charge in [-0.3, -0.25) is 0 Å². The zero-order valence-corrected chi connectivity index (χ0v) is 15.6. The number of hydrogen-bond donors (Lipinski definition) is 1. The molecule has 0 amide bonds. The van der Waals surface area contributed by atoms with Crippen LogP contribution in [0.5, 0.6) is 5.88 Å². The molecule has 8 nitrogen and oxygen atoms in total. The number of aromatic nitrogens is 5. The Morgan fingerprint density at radius 2 is 2.12 bits per heavy atom. The highest BCUT2D eigenvalue weighted by Crippen LogP contribution is 2.27. The minimum Gasteiger partial charge on any atom is -0.480 e. The largest absolute Gasteiger partial charge is 0.480 e. The SMILES string of the molecule is COc1cc(CN(C)c2ncnc3c2ncn3[C@H](CO)C(C)C)sn1. The van der Waals surface area contributed by atoms with Gasteiger partial charge >= 0.3 is 0 Å². The van der Waals surface area contributed by atoms with Crippen LogP contribution in [0.1, 0.15) is 24.8 Å². The zero-order chi connectivity index (χ0) is 18.0. The van der Waals surface area contributed by atoms with Crippen molar-refractivity contribution in [3.63, 3.8) is 0 Å². The van der Waals surface area contributed by atoms with Crippen molar-refractivity contribution in [3.8, 4) is 5.88 Å². The van der Waals surface area contributed by atoms with E-state index in [1.165, 1.54) is 17.9 Å². The Morgan fingerprint density at radius 1 is 1.32 bits per heavy atom. The predicted octanol–water partition coefficient (Wildman–Crippen LogP) is 2.12. The molecule has 3 aromatic rings. The fourth-order valence-electron chi connectivity index (χ4n) is 2.75. The quantitative estimate of drug-likeness (QED) is 0.688. The van der Waals surface area contributed by atoms with Crippen LogP contribution in [0.15, 0.2) is 18.7 Å². The fraction of sp³-hybridized carbons (Fsp3) is 0.500. The molecule has 0 aliphatic heterocycles. The van der Waals surface area contributed by atoms with Gasteiger partial charge in [-0.1, -0.05) is 13.8 Å². The van der Waals surface area contributed by atoms with Gasteiger partial charge < -0.3 is 19.3 Å². The van der Waals surface area contributed by atoms with E-state index in [1.807, 2.05) is 22.6 Å². The molecule has 9 heteroatoms. The van der Waals surface area contributed by atoms with Crippen molar-refractivity contribution in [2.45, 2.75) is 26.4 Å². The van der Waals surface area contributed by atoms with Gasteiger partial charge in [0.2, 0.25) is 5.88 Å². The van der Waals surface area contributed by atoms with Crippen molar-refractivity contribution in [3.05, 3.63) is 23.6 Å². The highest BCUT2D eigenvalue weighted by molar-refractivity contribution is 7.05. The number of aliphatic hydroxyl groups is 1. The lowest BCUT2D eigenvalue weighted by Gasteiger charge is -2.21. The Hall–Kier alpha value is -2.26. The van der Waals surface area contributed by atoms with Crippen LogP contribution in [0.4, 0.5) is 5.82 Å². The summed E-state index contributed by atoms with van der Waals surface area (Å²) in [4.78, 5) is 16.4. The second-order valence-electron chi connectivity index (χ2n) is 6.21. The molecule has 0 aromatic carbocycles. The van der Waals surface area contributed by atoms with E-state index < -0.39 is 0 Å². The van der Waals surface area contributed by atoms with Crippen molar-refractivity contribution in [2.24, 2.45) is 5.92 Å². The molecule has 3 heterocycles. The first kappa shape index (κ1) is 17.6. The van der Waals surface area contributed by atoms with Crippen molar-refractivity contribution >= 4 is 28.5 Å². The number of ether oxygens (including phenoxy) is 1. The first-order valence-electron chi connectivity index (χ1n) is 8.04. The van der Waals surface area contributed by atoms with Crippen LogP contribution in [-0.4, -0.2) is 49.8 Å². The van der Waals surface area contributed by atoms with E-state index in [0.717, 1.165) is 21.9 Å². The Bertz CT molecular complexity index is 846. The van der Waals surface area contributed by atoms with Gasteiger partial charge in [0, 0.05) is 18.0 Å². The Balaban J connectivity index is 1.92. The maximum atomic E-state index is 9.71. The predicted molar refractivity (Wildman–Crippen MR) is 97.1 cm³/mol. The third-order valence-electron chi connectivity index (χ3n) is 4.15. The maximum absolute atomic E-state index is 9.71. The number of fused-ring (bicyclic) bond motifs is 1. The van der Waals surface area contributed by atoms with E-state index in [-0.39, 0.29) is 18.6 Å². The topological polar surface area (TPSA) is 89.2 Å². The van der Waals surface area contributed by atoms with Gasteiger partial charge in [0.1, 0.15) is 6.33 Å². The van der Waals surface area contributed by atoms with Crippen LogP contribution in [0.2, 0.25) is 0 Å². The molecule has 0 aliphatic rings. The van der Waals surface area contributed by atoms with Crippen molar-refractivity contribution in [2.75, 3.05) is 25.7 Å². The molecular formula is C16H22N6O2S. The molecule has 25 heavy (non-hydrogen) atoms. The summed E-state index contributed by atoms with van der Waals surface area (Å²) in [7, 11) is 3.56. The lowest BCUT2D eigenvalue weighted by Crippen LogP contribution is -2.20. The minimum absolute atomic E-state index is 0.0406. The molecule has 0 radical (unpaired) electrons. The zero-order valence-electron chi connectivity index (χ0n) is 14.7. The van der Waals surface area contributed by atoms with Gasteiger partial charge in [0.25, 0.3) is 0 Å². The molecule has 1 N–H and O–H groups in total. The molecule has 134 valence electrons. The molecule has 0 unspecified atom stereocenters. The molecule has 0 saturated heterocycles. The smallest absolute Gasteiger partial charge is 0.225 e. The number of methoxy groups -OCH3 is 1. The number of hydrogen-bond acceptors (Lipinski definition) is 8. The van der Waals surface area contributed by atoms with E-state index >= 15 is 0 Å². The first-order valence-corrected chi connectivity index (χ1v) is 8.81. The highest BCUT2D eigenvalue weighted by Gasteiger charge is 2.20. The summed E-state index contributed by atoms with van der Waals surface area (Å²) in [6, 6.07) is 1.85. The standard InChI is InChI=1S/C16H22N6O2S/c1-10(2)12(7-23)22-9-19-14-15(17-8-18-16(14)22)21(3)6-11-5-13(24-4)20-25-11/h5,8-10,12,23H,6-7H2,1-4H3/t12-/m1/s1. The van der Waals surface area contributed by atoms with Crippen molar-refractivity contribution in [1.29, 1.82) is 0 Å². The van der Waals surface area contributed by atoms with Crippen LogP contribution >= 0.6 is 11.5 Å². The lowest BCUT2D eigenvalue weighted by atomic mass is 10.1. The van der Waals surface area contributed by atoms with E-state index in [2.05, 4.69) is 33.2 Å². The summed E-state index contributed by atoms with van der Waals surface area (Å²) >= 11 is 1.40. The van der Waals surface area contributed by atoms with Gasteiger partial charge in [-0.2, -0.15) is 4.37 Å². The number of anilines is 1. The molecular weight excluding hydrogens is 340 g/mol. The maximum Gasteiger partial charge on any atom is 0.225 e. The summed E-state index contributed by atoms with van der Waals surface area (Å²) < 4.78 is 11.3. The number of rotatable bonds is 7. The van der Waals surface area contributed by atoms with Crippen LogP contribution in [-0.2, 0) is 6.54 Å². The summed E-state index contributed by atoms with van der Waals surface area (Å²) in [5.74, 6) is 1.63. The molecule has 0 aliphatic carbocycles. The van der Waals surface area contributed by atoms with Crippen molar-refractivity contribution in [1.82, 2.24) is 23.9 Å². The average molecular weight is 362 g/mol. The Morgan fingerprint density at radius 3 is 2.76 bits per heavy atom. The number of nitrogens with zero attached hydrogens (tertiary/aromatic N) is 6. The Kier molecular flexibility index (Phi) is 5.14. The van der Waals surface area contributed by atoms with Crippen LogP contribution in [0.3, 0.4) is 0 Å². The van der Waals surface area contributed by atoms with Gasteiger partial charge in [0.15, 0.2) is 17.0 Å². The van der Waals surface area contributed by atoms with Crippen LogP contribution in [0.25, 0.3) is 11.2 Å². The molecule has 0 spiro atoms. The third kappa shape index (κ3) is 3.42. The molecule has 3 rings (SSSR count). The molecule has 3 aromatic heterocycles. The van der Waals surface area contributed by atoms with E-state index in [4.69, 9.17) is 4.74 Å². The second kappa shape index (κ2) is 7.32. The Labute approximate surface area is 150 Å². The second-order valence-corrected chi connectivity index (χ2v) is 7.10. The van der Waals surface area contributed by atoms with Crippen LogP contribution in [0, 0.1) is 5.92 Å². The van der Waals surface area contributed by atoms with Gasteiger partial charge in [0.05, 0.1) is 32.6 Å². The van der Waals surface area contributed by atoms with Gasteiger partial charge in [-0.05, 0) is 17.5 Å². The van der Waals surface area contributed by atoms with Crippen LogP contribution < -0.4 is 9.64 Å². The summed E-state index contributed by atoms with van der Waals surface area (Å²) in [5.41, 5.74) is 1.45. The number of imidazole rings is 1. The normalized spacial score (nSPS) is 12.7. The minimum atomic E-state index is -0.0659. The molecule has 0 bridgehead atoms. The number of aliphatic hydroxyl groups excluding tert-OH is 1. The van der Waals surface area contributed by atoms with E-state index in [0.29, 0.717) is 12.4 Å². The lowest BCUT2D eigenvalue weighted by molar-refractivity contribution is 0.195. The average Bonchev–Trinajstić information content (AvgIpc) is 3.22.